The molecule has 32 heavy (non-hydrogen) atoms. The van der Waals surface area contributed by atoms with Gasteiger partial charge in [0.15, 0.2) is 5.96 Å². The summed E-state index contributed by atoms with van der Waals surface area (Å²) in [5.74, 6) is 2.67. The average Bonchev–Trinajstić information content (AvgIpc) is 3.29. The minimum Gasteiger partial charge on any atom is -0.495 e. The van der Waals surface area contributed by atoms with Crippen LogP contribution in [-0.4, -0.2) is 58.3 Å². The van der Waals surface area contributed by atoms with E-state index in [9.17, 15) is 0 Å². The molecule has 4 rings (SSSR count). The lowest BCUT2D eigenvalue weighted by Gasteiger charge is -2.22. The Morgan fingerprint density at radius 1 is 1.19 bits per heavy atom. The van der Waals surface area contributed by atoms with Crippen LogP contribution in [0.15, 0.2) is 59.6 Å². The fourth-order valence-electron chi connectivity index (χ4n) is 4.16. The van der Waals surface area contributed by atoms with Gasteiger partial charge in [-0.1, -0.05) is 30.3 Å². The first-order chi connectivity index (χ1) is 15.6. The van der Waals surface area contributed by atoms with Crippen molar-refractivity contribution in [3.63, 3.8) is 0 Å². The van der Waals surface area contributed by atoms with Gasteiger partial charge >= 0.3 is 0 Å². The highest BCUT2D eigenvalue weighted by Gasteiger charge is 2.25. The summed E-state index contributed by atoms with van der Waals surface area (Å²) in [6, 6.07) is 18.9. The van der Waals surface area contributed by atoms with Crippen LogP contribution in [0.1, 0.15) is 12.0 Å². The first-order valence-corrected chi connectivity index (χ1v) is 11.0. The zero-order valence-corrected chi connectivity index (χ0v) is 19.3. The van der Waals surface area contributed by atoms with Crippen LogP contribution in [-0.2, 0) is 6.54 Å². The third-order valence-corrected chi connectivity index (χ3v) is 5.87. The van der Waals surface area contributed by atoms with Gasteiger partial charge in [-0.15, -0.1) is 0 Å². The highest BCUT2D eigenvalue weighted by Crippen LogP contribution is 2.30. The van der Waals surface area contributed by atoms with E-state index in [4.69, 9.17) is 9.72 Å². The normalized spacial score (nSPS) is 16.3. The summed E-state index contributed by atoms with van der Waals surface area (Å²) >= 11 is 0. The number of ether oxygens (including phenoxy) is 1. The molecule has 1 aliphatic heterocycles. The fraction of sp³-hybridized carbons (Fsp3) is 0.360. The second-order valence-electron chi connectivity index (χ2n) is 8.22. The fourth-order valence-corrected chi connectivity index (χ4v) is 4.16. The number of benzene rings is 2. The second kappa shape index (κ2) is 9.77. The zero-order chi connectivity index (χ0) is 22.5. The molecule has 7 heteroatoms. The van der Waals surface area contributed by atoms with Gasteiger partial charge in [0.25, 0.3) is 0 Å². The molecule has 0 spiro atoms. The Hall–Kier alpha value is -3.48. The van der Waals surface area contributed by atoms with Crippen molar-refractivity contribution in [3.05, 3.63) is 60.2 Å². The van der Waals surface area contributed by atoms with Gasteiger partial charge in [0, 0.05) is 52.2 Å². The third kappa shape index (κ3) is 4.72. The van der Waals surface area contributed by atoms with E-state index in [1.54, 1.807) is 7.11 Å². The van der Waals surface area contributed by atoms with E-state index in [1.807, 2.05) is 44.2 Å². The first-order valence-electron chi connectivity index (χ1n) is 11.0. The Labute approximate surface area is 190 Å². The number of hydrogen-bond donors (Lipinski definition) is 2. The summed E-state index contributed by atoms with van der Waals surface area (Å²) in [7, 11) is 7.57. The number of nitrogens with one attached hydrogen (secondary N) is 2. The van der Waals surface area contributed by atoms with Gasteiger partial charge in [-0.2, -0.15) is 0 Å². The number of hydrogen-bond acceptors (Lipinski definition) is 5. The molecule has 2 heterocycles. The average molecular weight is 433 g/mol. The van der Waals surface area contributed by atoms with Crippen LogP contribution in [0.2, 0.25) is 0 Å². The van der Waals surface area contributed by atoms with Crippen molar-refractivity contribution in [1.29, 1.82) is 0 Å². The molecule has 1 fully saturated rings. The summed E-state index contributed by atoms with van der Waals surface area (Å²) in [6.45, 7) is 2.56. The lowest BCUT2D eigenvalue weighted by Crippen LogP contribution is -2.44. The van der Waals surface area contributed by atoms with E-state index in [-0.39, 0.29) is 0 Å². The minimum atomic E-state index is 0.317. The maximum Gasteiger partial charge on any atom is 0.191 e. The number of anilines is 2. The zero-order valence-electron chi connectivity index (χ0n) is 19.3. The lowest BCUT2D eigenvalue weighted by atomic mass is 10.1. The number of aromatic nitrogens is 1. The Bertz CT molecular complexity index is 1100. The van der Waals surface area contributed by atoms with Crippen LogP contribution >= 0.6 is 0 Å². The Morgan fingerprint density at radius 3 is 2.75 bits per heavy atom. The molecule has 0 radical (unpaired) electrons. The summed E-state index contributed by atoms with van der Waals surface area (Å²) in [4.78, 5) is 13.6. The highest BCUT2D eigenvalue weighted by atomic mass is 16.5. The predicted molar refractivity (Wildman–Crippen MR) is 133 cm³/mol. The molecule has 0 aliphatic carbocycles. The molecule has 1 unspecified atom stereocenters. The van der Waals surface area contributed by atoms with Crippen molar-refractivity contribution < 1.29 is 4.74 Å². The van der Waals surface area contributed by atoms with E-state index < -0.39 is 0 Å². The number of nitrogens with zero attached hydrogens (tertiary/aromatic N) is 4. The van der Waals surface area contributed by atoms with Gasteiger partial charge in [0.1, 0.15) is 11.6 Å². The molecule has 1 atom stereocenters. The molecule has 0 amide bonds. The van der Waals surface area contributed by atoms with Gasteiger partial charge in [-0.05, 0) is 36.2 Å². The number of methoxy groups -OCH3 is 1. The van der Waals surface area contributed by atoms with Crippen LogP contribution in [0.25, 0.3) is 10.9 Å². The summed E-state index contributed by atoms with van der Waals surface area (Å²) in [6.07, 6.45) is 1.04. The molecule has 1 aromatic heterocycles. The SMILES string of the molecule is CN=C(NCc1cc(N(C)C)nc2ccccc12)NC1CCN(c2ccccc2OC)C1. The lowest BCUT2D eigenvalue weighted by molar-refractivity contribution is 0.415. The maximum absolute atomic E-state index is 5.54. The smallest absolute Gasteiger partial charge is 0.191 e. The van der Waals surface area contributed by atoms with Gasteiger partial charge in [0.2, 0.25) is 0 Å². The summed E-state index contributed by atoms with van der Waals surface area (Å²) < 4.78 is 5.54. The first kappa shape index (κ1) is 21.7. The van der Waals surface area contributed by atoms with Gasteiger partial charge in [-0.25, -0.2) is 4.98 Å². The molecular formula is C25H32N6O. The minimum absolute atomic E-state index is 0.317. The molecule has 0 bridgehead atoms. The largest absolute Gasteiger partial charge is 0.495 e. The van der Waals surface area contributed by atoms with E-state index in [0.29, 0.717) is 12.6 Å². The maximum atomic E-state index is 5.54. The molecule has 3 aromatic rings. The number of fused-ring (bicyclic) bond motifs is 1. The standard InChI is InChI=1S/C25H32N6O/c1-26-25(28-19-13-14-31(17-19)22-11-7-8-12-23(22)32-4)27-16-18-15-24(30(2)3)29-21-10-6-5-9-20(18)21/h5-12,15,19H,13-14,16-17H2,1-4H3,(H2,26,27,28). The van der Waals surface area contributed by atoms with Crippen molar-refractivity contribution in [1.82, 2.24) is 15.6 Å². The van der Waals surface area contributed by atoms with Crippen LogP contribution in [0.3, 0.4) is 0 Å². The number of rotatable bonds is 6. The van der Waals surface area contributed by atoms with Crippen molar-refractivity contribution in [2.75, 3.05) is 51.1 Å². The quantitative estimate of drug-likeness (QED) is 0.461. The van der Waals surface area contributed by atoms with E-state index in [2.05, 4.69) is 56.9 Å². The molecule has 2 N–H and O–H groups in total. The monoisotopic (exact) mass is 432 g/mol. The van der Waals surface area contributed by atoms with Gasteiger partial charge in [0.05, 0.1) is 18.3 Å². The summed E-state index contributed by atoms with van der Waals surface area (Å²) in [5, 5.41) is 8.24. The van der Waals surface area contributed by atoms with Crippen LogP contribution < -0.4 is 25.2 Å². The van der Waals surface area contributed by atoms with Crippen molar-refractivity contribution in [2.24, 2.45) is 4.99 Å². The van der Waals surface area contributed by atoms with Crippen LogP contribution in [0, 0.1) is 0 Å². The predicted octanol–water partition coefficient (Wildman–Crippen LogP) is 3.25. The highest BCUT2D eigenvalue weighted by molar-refractivity contribution is 5.85. The second-order valence-corrected chi connectivity index (χ2v) is 8.22. The molecule has 1 aliphatic rings. The van der Waals surface area contributed by atoms with Crippen LogP contribution in [0.5, 0.6) is 5.75 Å². The number of aliphatic imine (C=N–C) groups is 1. The van der Waals surface area contributed by atoms with E-state index >= 15 is 0 Å². The Morgan fingerprint density at radius 2 is 1.97 bits per heavy atom. The summed E-state index contributed by atoms with van der Waals surface area (Å²) in [5.41, 5.74) is 3.34. The van der Waals surface area contributed by atoms with Crippen molar-refractivity contribution >= 4 is 28.4 Å². The topological polar surface area (TPSA) is 65.0 Å². The molecule has 168 valence electrons. The molecular weight excluding hydrogens is 400 g/mol. The van der Waals surface area contributed by atoms with Gasteiger partial charge < -0.3 is 25.2 Å². The van der Waals surface area contributed by atoms with Gasteiger partial charge in [-0.3, -0.25) is 4.99 Å². The Balaban J connectivity index is 1.42. The Kier molecular flexibility index (Phi) is 6.63. The molecule has 1 saturated heterocycles. The molecule has 2 aromatic carbocycles. The third-order valence-electron chi connectivity index (χ3n) is 5.87. The number of guanidine groups is 1. The van der Waals surface area contributed by atoms with Crippen LogP contribution in [0.4, 0.5) is 11.5 Å². The number of para-hydroxylation sites is 3. The van der Waals surface area contributed by atoms with E-state index in [0.717, 1.165) is 53.6 Å². The van der Waals surface area contributed by atoms with Crippen molar-refractivity contribution in [2.45, 2.75) is 19.0 Å². The molecule has 0 saturated carbocycles. The molecule has 7 nitrogen and oxygen atoms in total. The number of pyridine rings is 1. The van der Waals surface area contributed by atoms with E-state index in [1.165, 1.54) is 5.56 Å². The van der Waals surface area contributed by atoms with Crippen molar-refractivity contribution in [3.8, 4) is 5.75 Å².